The summed E-state index contributed by atoms with van der Waals surface area (Å²) in [5.74, 6) is -0.855. The Hall–Kier alpha value is -1.95. The first-order valence-electron chi connectivity index (χ1n) is 5.80. The lowest BCUT2D eigenvalue weighted by Gasteiger charge is -2.08. The molecule has 2 heterocycles. The highest BCUT2D eigenvalue weighted by Crippen LogP contribution is 2.18. The van der Waals surface area contributed by atoms with Gasteiger partial charge in [0.15, 0.2) is 0 Å². The molecule has 0 aliphatic carbocycles. The topological polar surface area (TPSA) is 72.3 Å². The monoisotopic (exact) mass is 278 g/mol. The molecule has 0 saturated carbocycles. The van der Waals surface area contributed by atoms with Crippen molar-refractivity contribution in [3.63, 3.8) is 0 Å². The van der Waals surface area contributed by atoms with E-state index in [0.29, 0.717) is 13.0 Å². The average Bonchev–Trinajstić information content (AvgIpc) is 2.75. The summed E-state index contributed by atoms with van der Waals surface area (Å²) in [6, 6.07) is 3.17. The number of hydrogen-bond acceptors (Lipinski definition) is 5. The quantitative estimate of drug-likeness (QED) is 0.909. The minimum Gasteiger partial charge on any atom is -0.477 e. The largest absolute Gasteiger partial charge is 0.477 e. The predicted octanol–water partition coefficient (Wildman–Crippen LogP) is 2.47. The summed E-state index contributed by atoms with van der Waals surface area (Å²) in [4.78, 5) is 20.5. The van der Waals surface area contributed by atoms with Crippen LogP contribution in [0.25, 0.3) is 0 Å². The van der Waals surface area contributed by atoms with Crippen LogP contribution in [0.3, 0.4) is 0 Å². The van der Waals surface area contributed by atoms with Crippen molar-refractivity contribution >= 4 is 17.3 Å². The number of hydrogen-bond donors (Lipinski definition) is 1. The van der Waals surface area contributed by atoms with Gasteiger partial charge >= 0.3 is 5.97 Å². The zero-order chi connectivity index (χ0) is 13.8. The standard InChI is InChI=1S/C13H14N2O3S/c1-8-3-4-10(13(16)17)12(15-8)18-6-5-11-9(2)14-7-19-11/h3-4,7H,5-6H2,1-2H3,(H,16,17). The zero-order valence-electron chi connectivity index (χ0n) is 10.7. The summed E-state index contributed by atoms with van der Waals surface area (Å²) in [5, 5.41) is 9.06. The van der Waals surface area contributed by atoms with Gasteiger partial charge in [0.25, 0.3) is 0 Å². The van der Waals surface area contributed by atoms with Crippen LogP contribution in [0.4, 0.5) is 0 Å². The van der Waals surface area contributed by atoms with E-state index < -0.39 is 5.97 Å². The van der Waals surface area contributed by atoms with Gasteiger partial charge in [0.1, 0.15) is 5.56 Å². The maximum atomic E-state index is 11.1. The summed E-state index contributed by atoms with van der Waals surface area (Å²) >= 11 is 1.57. The Balaban J connectivity index is 2.05. The third-order valence-electron chi connectivity index (χ3n) is 2.64. The molecule has 0 atom stereocenters. The molecular weight excluding hydrogens is 264 g/mol. The Labute approximate surface area is 114 Å². The Morgan fingerprint density at radius 1 is 1.42 bits per heavy atom. The Morgan fingerprint density at radius 3 is 2.84 bits per heavy atom. The van der Waals surface area contributed by atoms with E-state index in [1.807, 2.05) is 6.92 Å². The van der Waals surface area contributed by atoms with Crippen molar-refractivity contribution in [3.8, 4) is 5.88 Å². The number of carboxylic acids is 1. The number of carboxylic acid groups (broad SMARTS) is 1. The number of thiazole rings is 1. The Bertz CT molecular complexity index is 595. The minimum atomic E-state index is -1.03. The predicted molar refractivity (Wildman–Crippen MR) is 72.0 cm³/mol. The summed E-state index contributed by atoms with van der Waals surface area (Å²) in [6.07, 6.45) is 0.700. The van der Waals surface area contributed by atoms with Gasteiger partial charge in [-0.15, -0.1) is 11.3 Å². The SMILES string of the molecule is Cc1ccc(C(=O)O)c(OCCc2scnc2C)n1. The second kappa shape index (κ2) is 5.79. The van der Waals surface area contributed by atoms with Crippen LogP contribution >= 0.6 is 11.3 Å². The van der Waals surface area contributed by atoms with Gasteiger partial charge in [0.05, 0.1) is 17.8 Å². The van der Waals surface area contributed by atoms with Gasteiger partial charge in [-0.3, -0.25) is 0 Å². The van der Waals surface area contributed by atoms with Crippen LogP contribution in [0, 0.1) is 13.8 Å². The molecule has 0 saturated heterocycles. The second-order valence-electron chi connectivity index (χ2n) is 4.07. The van der Waals surface area contributed by atoms with E-state index in [-0.39, 0.29) is 11.4 Å². The molecular formula is C13H14N2O3S. The highest BCUT2D eigenvalue weighted by Gasteiger charge is 2.13. The number of nitrogens with zero attached hydrogens (tertiary/aromatic N) is 2. The zero-order valence-corrected chi connectivity index (χ0v) is 11.5. The number of aromatic nitrogens is 2. The molecule has 5 nitrogen and oxygen atoms in total. The molecule has 2 aromatic rings. The van der Waals surface area contributed by atoms with Gasteiger partial charge < -0.3 is 9.84 Å². The third kappa shape index (κ3) is 3.29. The van der Waals surface area contributed by atoms with E-state index in [2.05, 4.69) is 9.97 Å². The fraction of sp³-hybridized carbons (Fsp3) is 0.308. The molecule has 0 bridgehead atoms. The average molecular weight is 278 g/mol. The van der Waals surface area contributed by atoms with E-state index in [1.165, 1.54) is 6.07 Å². The molecule has 19 heavy (non-hydrogen) atoms. The van der Waals surface area contributed by atoms with Crippen LogP contribution in [0.5, 0.6) is 5.88 Å². The maximum Gasteiger partial charge on any atom is 0.341 e. The van der Waals surface area contributed by atoms with Crippen LogP contribution in [-0.4, -0.2) is 27.7 Å². The molecule has 2 aromatic heterocycles. The van der Waals surface area contributed by atoms with Crippen molar-refractivity contribution in [1.29, 1.82) is 0 Å². The van der Waals surface area contributed by atoms with Crippen LogP contribution in [0.15, 0.2) is 17.6 Å². The number of ether oxygens (including phenoxy) is 1. The van der Waals surface area contributed by atoms with Crippen molar-refractivity contribution < 1.29 is 14.6 Å². The summed E-state index contributed by atoms with van der Waals surface area (Å²) in [7, 11) is 0. The molecule has 100 valence electrons. The first kappa shape index (κ1) is 13.5. The fourth-order valence-corrected chi connectivity index (χ4v) is 2.37. The number of aromatic carboxylic acids is 1. The van der Waals surface area contributed by atoms with E-state index in [9.17, 15) is 4.79 Å². The van der Waals surface area contributed by atoms with Crippen molar-refractivity contribution in [2.45, 2.75) is 20.3 Å². The van der Waals surface area contributed by atoms with Gasteiger partial charge in [-0.05, 0) is 26.0 Å². The molecule has 1 N–H and O–H groups in total. The second-order valence-corrected chi connectivity index (χ2v) is 5.01. The van der Waals surface area contributed by atoms with Crippen molar-refractivity contribution in [2.75, 3.05) is 6.61 Å². The molecule has 0 spiro atoms. The number of carbonyl (C=O) groups is 1. The molecule has 0 aliphatic heterocycles. The van der Waals surface area contributed by atoms with Crippen molar-refractivity contribution in [2.24, 2.45) is 0 Å². The van der Waals surface area contributed by atoms with Gasteiger partial charge in [0.2, 0.25) is 5.88 Å². The maximum absolute atomic E-state index is 11.1. The molecule has 0 amide bonds. The first-order valence-corrected chi connectivity index (χ1v) is 6.68. The number of rotatable bonds is 5. The highest BCUT2D eigenvalue weighted by molar-refractivity contribution is 7.09. The molecule has 0 radical (unpaired) electrons. The first-order chi connectivity index (χ1) is 9.08. The van der Waals surface area contributed by atoms with Crippen LogP contribution < -0.4 is 4.74 Å². The summed E-state index contributed by atoms with van der Waals surface area (Å²) in [5.41, 5.74) is 3.60. The summed E-state index contributed by atoms with van der Waals surface area (Å²) in [6.45, 7) is 4.13. The molecule has 0 fully saturated rings. The van der Waals surface area contributed by atoms with Crippen molar-refractivity contribution in [3.05, 3.63) is 39.5 Å². The van der Waals surface area contributed by atoms with Gasteiger partial charge in [-0.1, -0.05) is 0 Å². The van der Waals surface area contributed by atoms with E-state index in [0.717, 1.165) is 16.3 Å². The minimum absolute atomic E-state index is 0.0895. The molecule has 0 aliphatic rings. The van der Waals surface area contributed by atoms with Gasteiger partial charge in [0, 0.05) is 17.0 Å². The normalized spacial score (nSPS) is 10.4. The van der Waals surface area contributed by atoms with Gasteiger partial charge in [-0.25, -0.2) is 14.8 Å². The molecule has 6 heteroatoms. The molecule has 0 unspecified atom stereocenters. The van der Waals surface area contributed by atoms with Crippen LogP contribution in [0.2, 0.25) is 0 Å². The number of pyridine rings is 1. The summed E-state index contributed by atoms with van der Waals surface area (Å²) < 4.78 is 5.49. The lowest BCUT2D eigenvalue weighted by molar-refractivity contribution is 0.0691. The van der Waals surface area contributed by atoms with Crippen LogP contribution in [0.1, 0.15) is 26.6 Å². The Kier molecular flexibility index (Phi) is 4.11. The number of aryl methyl sites for hydroxylation is 2. The molecule has 0 aromatic carbocycles. The lowest BCUT2D eigenvalue weighted by Crippen LogP contribution is -2.08. The van der Waals surface area contributed by atoms with E-state index in [4.69, 9.17) is 9.84 Å². The lowest BCUT2D eigenvalue weighted by atomic mass is 10.2. The fourth-order valence-electron chi connectivity index (χ4n) is 1.61. The third-order valence-corrected chi connectivity index (χ3v) is 3.64. The van der Waals surface area contributed by atoms with E-state index in [1.54, 1.807) is 29.8 Å². The smallest absolute Gasteiger partial charge is 0.341 e. The van der Waals surface area contributed by atoms with E-state index >= 15 is 0 Å². The molecule has 2 rings (SSSR count). The van der Waals surface area contributed by atoms with Gasteiger partial charge in [-0.2, -0.15) is 0 Å². The highest BCUT2D eigenvalue weighted by atomic mass is 32.1. The Morgan fingerprint density at radius 2 is 2.21 bits per heavy atom. The van der Waals surface area contributed by atoms with Crippen molar-refractivity contribution in [1.82, 2.24) is 9.97 Å². The van der Waals surface area contributed by atoms with Crippen LogP contribution in [-0.2, 0) is 6.42 Å².